The molecule has 18 heavy (non-hydrogen) atoms. The van der Waals surface area contributed by atoms with E-state index in [0.29, 0.717) is 18.1 Å². The summed E-state index contributed by atoms with van der Waals surface area (Å²) in [6.07, 6.45) is 4.76. The molecule has 0 aromatic carbocycles. The SMILES string of the molecule is CCCCCNC(=O)c1cc(-c2ccco2)on1. The second-order valence-corrected chi connectivity index (χ2v) is 4.02. The maximum absolute atomic E-state index is 11.7. The van der Waals surface area contributed by atoms with Crippen LogP contribution in [0, 0.1) is 0 Å². The van der Waals surface area contributed by atoms with Crippen molar-refractivity contribution >= 4 is 5.91 Å². The van der Waals surface area contributed by atoms with Gasteiger partial charge >= 0.3 is 0 Å². The van der Waals surface area contributed by atoms with Crippen molar-refractivity contribution < 1.29 is 13.7 Å². The Kier molecular flexibility index (Phi) is 4.17. The van der Waals surface area contributed by atoms with Crippen molar-refractivity contribution in [3.05, 3.63) is 30.2 Å². The van der Waals surface area contributed by atoms with E-state index in [9.17, 15) is 4.79 Å². The molecule has 2 aromatic heterocycles. The van der Waals surface area contributed by atoms with Crippen LogP contribution in [0.5, 0.6) is 0 Å². The molecule has 0 aliphatic carbocycles. The molecule has 5 heteroatoms. The monoisotopic (exact) mass is 248 g/mol. The van der Waals surface area contributed by atoms with Crippen LogP contribution in [0.2, 0.25) is 0 Å². The van der Waals surface area contributed by atoms with E-state index in [4.69, 9.17) is 8.94 Å². The molecule has 0 atom stereocenters. The number of rotatable bonds is 6. The summed E-state index contributed by atoms with van der Waals surface area (Å²) in [5.74, 6) is 0.805. The molecule has 0 aliphatic heterocycles. The summed E-state index contributed by atoms with van der Waals surface area (Å²) in [5.41, 5.74) is 0.276. The van der Waals surface area contributed by atoms with Crippen LogP contribution in [0.3, 0.4) is 0 Å². The Hall–Kier alpha value is -2.04. The lowest BCUT2D eigenvalue weighted by atomic mass is 10.2. The Labute approximate surface area is 105 Å². The second kappa shape index (κ2) is 6.05. The molecule has 2 rings (SSSR count). The van der Waals surface area contributed by atoms with Crippen molar-refractivity contribution in [2.45, 2.75) is 26.2 Å². The first-order valence-corrected chi connectivity index (χ1v) is 6.10. The average molecular weight is 248 g/mol. The second-order valence-electron chi connectivity index (χ2n) is 4.02. The zero-order chi connectivity index (χ0) is 12.8. The average Bonchev–Trinajstić information content (AvgIpc) is 3.03. The first-order valence-electron chi connectivity index (χ1n) is 6.10. The standard InChI is InChI=1S/C13H16N2O3/c1-2-3-4-7-14-13(16)10-9-12(18-15-10)11-6-5-8-17-11/h5-6,8-9H,2-4,7H2,1H3,(H,14,16). The van der Waals surface area contributed by atoms with Gasteiger partial charge in [0.2, 0.25) is 5.76 Å². The third kappa shape index (κ3) is 3.00. The predicted octanol–water partition coefficient (Wildman–Crippen LogP) is 2.85. The van der Waals surface area contributed by atoms with Crippen LogP contribution in [-0.4, -0.2) is 17.6 Å². The molecule has 0 fully saturated rings. The van der Waals surface area contributed by atoms with Crippen LogP contribution in [0.1, 0.15) is 36.7 Å². The van der Waals surface area contributed by atoms with Gasteiger partial charge < -0.3 is 14.3 Å². The van der Waals surface area contributed by atoms with Crippen LogP contribution in [0.15, 0.2) is 33.4 Å². The number of hydrogen-bond acceptors (Lipinski definition) is 4. The number of furan rings is 1. The van der Waals surface area contributed by atoms with Gasteiger partial charge in [0.15, 0.2) is 11.5 Å². The fourth-order valence-electron chi connectivity index (χ4n) is 1.58. The Balaban J connectivity index is 1.91. The summed E-state index contributed by atoms with van der Waals surface area (Å²) < 4.78 is 10.2. The smallest absolute Gasteiger partial charge is 0.273 e. The normalized spacial score (nSPS) is 10.5. The van der Waals surface area contributed by atoms with Gasteiger partial charge in [0.05, 0.1) is 6.26 Å². The van der Waals surface area contributed by atoms with E-state index in [2.05, 4.69) is 17.4 Å². The van der Waals surface area contributed by atoms with Crippen molar-refractivity contribution in [3.8, 4) is 11.5 Å². The topological polar surface area (TPSA) is 68.3 Å². The van der Waals surface area contributed by atoms with E-state index < -0.39 is 0 Å². The molecule has 0 saturated heterocycles. The van der Waals surface area contributed by atoms with Crippen molar-refractivity contribution in [3.63, 3.8) is 0 Å². The first-order chi connectivity index (χ1) is 8.81. The maximum Gasteiger partial charge on any atom is 0.273 e. The number of nitrogens with zero attached hydrogens (tertiary/aromatic N) is 1. The van der Waals surface area contributed by atoms with Gasteiger partial charge in [-0.1, -0.05) is 24.9 Å². The number of hydrogen-bond donors (Lipinski definition) is 1. The molecule has 0 unspecified atom stereocenters. The molecule has 96 valence electrons. The van der Waals surface area contributed by atoms with Gasteiger partial charge in [-0.2, -0.15) is 0 Å². The molecule has 2 heterocycles. The minimum Gasteiger partial charge on any atom is -0.461 e. The zero-order valence-corrected chi connectivity index (χ0v) is 10.3. The molecule has 0 radical (unpaired) electrons. The minimum atomic E-state index is -0.215. The molecular weight excluding hydrogens is 232 g/mol. The number of nitrogens with one attached hydrogen (secondary N) is 1. The highest BCUT2D eigenvalue weighted by molar-refractivity contribution is 5.92. The van der Waals surface area contributed by atoms with Crippen molar-refractivity contribution in [2.24, 2.45) is 0 Å². The predicted molar refractivity (Wildman–Crippen MR) is 66.1 cm³/mol. The number of carbonyl (C=O) groups excluding carboxylic acids is 1. The molecule has 0 spiro atoms. The highest BCUT2D eigenvalue weighted by atomic mass is 16.5. The van der Waals surface area contributed by atoms with Crippen LogP contribution >= 0.6 is 0 Å². The minimum absolute atomic E-state index is 0.215. The van der Waals surface area contributed by atoms with E-state index in [-0.39, 0.29) is 11.6 Å². The van der Waals surface area contributed by atoms with E-state index in [0.717, 1.165) is 19.3 Å². The molecule has 1 amide bonds. The largest absolute Gasteiger partial charge is 0.461 e. The summed E-state index contributed by atoms with van der Waals surface area (Å²) in [4.78, 5) is 11.7. The molecule has 1 N–H and O–H groups in total. The maximum atomic E-state index is 11.7. The molecule has 0 saturated carbocycles. The Morgan fingerprint density at radius 1 is 1.39 bits per heavy atom. The number of amides is 1. The summed E-state index contributed by atoms with van der Waals surface area (Å²) >= 11 is 0. The third-order valence-electron chi connectivity index (χ3n) is 2.57. The third-order valence-corrected chi connectivity index (χ3v) is 2.57. The molecule has 5 nitrogen and oxygen atoms in total. The Bertz CT molecular complexity index is 488. The number of aromatic nitrogens is 1. The lowest BCUT2D eigenvalue weighted by Gasteiger charge is -2.00. The summed E-state index contributed by atoms with van der Waals surface area (Å²) in [6.45, 7) is 2.78. The van der Waals surface area contributed by atoms with Crippen LogP contribution in [0.4, 0.5) is 0 Å². The zero-order valence-electron chi connectivity index (χ0n) is 10.3. The fourth-order valence-corrected chi connectivity index (χ4v) is 1.58. The van der Waals surface area contributed by atoms with E-state index >= 15 is 0 Å². The fraction of sp³-hybridized carbons (Fsp3) is 0.385. The lowest BCUT2D eigenvalue weighted by molar-refractivity contribution is 0.0944. The highest BCUT2D eigenvalue weighted by Crippen LogP contribution is 2.20. The van der Waals surface area contributed by atoms with Crippen molar-refractivity contribution in [1.29, 1.82) is 0 Å². The van der Waals surface area contributed by atoms with Crippen molar-refractivity contribution in [2.75, 3.05) is 6.54 Å². The van der Waals surface area contributed by atoms with Crippen LogP contribution < -0.4 is 5.32 Å². The summed E-state index contributed by atoms with van der Waals surface area (Å²) in [7, 11) is 0. The van der Waals surface area contributed by atoms with Gasteiger partial charge in [-0.3, -0.25) is 4.79 Å². The van der Waals surface area contributed by atoms with Gasteiger partial charge in [-0.25, -0.2) is 0 Å². The van der Waals surface area contributed by atoms with E-state index in [1.54, 1.807) is 24.5 Å². The van der Waals surface area contributed by atoms with Crippen LogP contribution in [0.25, 0.3) is 11.5 Å². The number of carbonyl (C=O) groups is 1. The van der Waals surface area contributed by atoms with E-state index in [1.165, 1.54) is 0 Å². The van der Waals surface area contributed by atoms with Crippen molar-refractivity contribution in [1.82, 2.24) is 10.5 Å². The lowest BCUT2D eigenvalue weighted by Crippen LogP contribution is -2.24. The van der Waals surface area contributed by atoms with Gasteiger partial charge in [-0.15, -0.1) is 0 Å². The molecule has 0 bridgehead atoms. The summed E-state index contributed by atoms with van der Waals surface area (Å²) in [5, 5.41) is 6.52. The van der Waals surface area contributed by atoms with Crippen LogP contribution in [-0.2, 0) is 0 Å². The quantitative estimate of drug-likeness (QED) is 0.798. The van der Waals surface area contributed by atoms with E-state index in [1.807, 2.05) is 0 Å². The Morgan fingerprint density at radius 2 is 2.28 bits per heavy atom. The molecular formula is C13H16N2O3. The van der Waals surface area contributed by atoms with Gasteiger partial charge in [0.1, 0.15) is 0 Å². The Morgan fingerprint density at radius 3 is 3.00 bits per heavy atom. The highest BCUT2D eigenvalue weighted by Gasteiger charge is 2.14. The van der Waals surface area contributed by atoms with Gasteiger partial charge in [0, 0.05) is 12.6 Å². The van der Waals surface area contributed by atoms with Gasteiger partial charge in [-0.05, 0) is 18.6 Å². The summed E-state index contributed by atoms with van der Waals surface area (Å²) in [6, 6.07) is 5.08. The number of unbranched alkanes of at least 4 members (excludes halogenated alkanes) is 2. The molecule has 0 aliphatic rings. The van der Waals surface area contributed by atoms with Gasteiger partial charge in [0.25, 0.3) is 5.91 Å². The molecule has 2 aromatic rings. The first kappa shape index (κ1) is 12.4.